The number of allylic oxidation sites excluding steroid dienone is 7. The van der Waals surface area contributed by atoms with Gasteiger partial charge in [0.15, 0.2) is 0 Å². The smallest absolute Gasteiger partial charge is 0.130 e. The van der Waals surface area contributed by atoms with Gasteiger partial charge in [0, 0.05) is 11.5 Å². The maximum atomic E-state index is 5.99. The van der Waals surface area contributed by atoms with Gasteiger partial charge in [-0.1, -0.05) is 42.5 Å². The van der Waals surface area contributed by atoms with Gasteiger partial charge in [0.1, 0.15) is 11.5 Å². The zero-order valence-electron chi connectivity index (χ0n) is 11.4. The van der Waals surface area contributed by atoms with Crippen molar-refractivity contribution in [3.05, 3.63) is 71.0 Å². The zero-order chi connectivity index (χ0) is 13.2. The van der Waals surface area contributed by atoms with E-state index in [9.17, 15) is 0 Å². The van der Waals surface area contributed by atoms with Gasteiger partial charge in [-0.15, -0.1) is 0 Å². The summed E-state index contributed by atoms with van der Waals surface area (Å²) in [5.74, 6) is 2.56. The minimum atomic E-state index is 0.412. The molecule has 0 N–H and O–H groups in total. The quantitative estimate of drug-likeness (QED) is 0.672. The molecule has 96 valence electrons. The van der Waals surface area contributed by atoms with Crippen molar-refractivity contribution in [2.75, 3.05) is 0 Å². The van der Waals surface area contributed by atoms with Gasteiger partial charge in [-0.2, -0.15) is 0 Å². The van der Waals surface area contributed by atoms with Crippen LogP contribution in [0.15, 0.2) is 59.9 Å². The fourth-order valence-electron chi connectivity index (χ4n) is 2.70. The lowest BCUT2D eigenvalue weighted by Crippen LogP contribution is -2.03. The summed E-state index contributed by atoms with van der Waals surface area (Å²) in [6.45, 7) is 4.14. The third kappa shape index (κ3) is 2.17. The second-order valence-electron chi connectivity index (χ2n) is 5.02. The molecule has 1 aliphatic carbocycles. The second kappa shape index (κ2) is 4.93. The maximum Gasteiger partial charge on any atom is 0.130 e. The Bertz CT molecular complexity index is 615. The van der Waals surface area contributed by atoms with Crippen molar-refractivity contribution in [2.24, 2.45) is 0 Å². The number of benzene rings is 1. The van der Waals surface area contributed by atoms with Crippen LogP contribution in [-0.4, -0.2) is 0 Å². The molecule has 1 heterocycles. The first-order chi connectivity index (χ1) is 9.29. The largest absolute Gasteiger partial charge is 0.460 e. The molecule has 19 heavy (non-hydrogen) atoms. The highest BCUT2D eigenvalue weighted by atomic mass is 16.5. The minimum absolute atomic E-state index is 0.412. The highest BCUT2D eigenvalue weighted by Gasteiger charge is 2.31. The Hall–Kier alpha value is -2.02. The molecule has 0 amide bonds. The summed E-state index contributed by atoms with van der Waals surface area (Å²) in [7, 11) is 0. The van der Waals surface area contributed by atoms with Gasteiger partial charge >= 0.3 is 0 Å². The molecule has 0 fully saturated rings. The standard InChI is InChI=1S/C18H18O/c1-3-4-5-8-14-10-11-17-16(12-14)15-9-6-7-13(2)18(15)19-17/h3-8,10-12,15H,9H2,1-2H3/b4-3-,8-5-. The highest BCUT2D eigenvalue weighted by molar-refractivity contribution is 5.59. The van der Waals surface area contributed by atoms with Crippen LogP contribution in [0, 0.1) is 0 Å². The number of hydrogen-bond donors (Lipinski definition) is 0. The molecule has 1 nitrogen and oxygen atoms in total. The molecule has 1 aliphatic heterocycles. The third-order valence-corrected chi connectivity index (χ3v) is 3.67. The van der Waals surface area contributed by atoms with Crippen LogP contribution in [0.1, 0.15) is 37.3 Å². The van der Waals surface area contributed by atoms with E-state index in [1.54, 1.807) is 0 Å². The predicted octanol–water partition coefficient (Wildman–Crippen LogP) is 4.99. The van der Waals surface area contributed by atoms with Gasteiger partial charge in [0.2, 0.25) is 0 Å². The van der Waals surface area contributed by atoms with E-state index < -0.39 is 0 Å². The number of ether oxygens (including phenoxy) is 1. The molecular weight excluding hydrogens is 232 g/mol. The molecule has 0 radical (unpaired) electrons. The van der Waals surface area contributed by atoms with Crippen molar-refractivity contribution in [3.8, 4) is 5.75 Å². The molecule has 1 atom stereocenters. The Labute approximate surface area is 114 Å². The lowest BCUT2D eigenvalue weighted by atomic mass is 9.89. The predicted molar refractivity (Wildman–Crippen MR) is 80.1 cm³/mol. The topological polar surface area (TPSA) is 9.23 Å². The summed E-state index contributed by atoms with van der Waals surface area (Å²) in [6.07, 6.45) is 13.7. The van der Waals surface area contributed by atoms with Crippen LogP contribution < -0.4 is 4.74 Å². The molecule has 0 bridgehead atoms. The molecule has 0 spiro atoms. The Morgan fingerprint density at radius 2 is 2.16 bits per heavy atom. The van der Waals surface area contributed by atoms with Crippen molar-refractivity contribution in [1.29, 1.82) is 0 Å². The molecule has 3 rings (SSSR count). The van der Waals surface area contributed by atoms with Crippen molar-refractivity contribution >= 4 is 6.08 Å². The normalized spacial score (nSPS) is 21.1. The minimum Gasteiger partial charge on any atom is -0.460 e. The fourth-order valence-corrected chi connectivity index (χ4v) is 2.70. The van der Waals surface area contributed by atoms with Crippen molar-refractivity contribution in [2.45, 2.75) is 26.2 Å². The van der Waals surface area contributed by atoms with E-state index in [0.29, 0.717) is 5.92 Å². The van der Waals surface area contributed by atoms with E-state index in [0.717, 1.165) is 17.9 Å². The van der Waals surface area contributed by atoms with Gasteiger partial charge < -0.3 is 4.74 Å². The molecular formula is C18H18O. The number of fused-ring (bicyclic) bond motifs is 3. The van der Waals surface area contributed by atoms with E-state index in [4.69, 9.17) is 4.74 Å². The summed E-state index contributed by atoms with van der Waals surface area (Å²) in [6, 6.07) is 6.45. The Morgan fingerprint density at radius 1 is 1.26 bits per heavy atom. The number of hydrogen-bond acceptors (Lipinski definition) is 1. The summed E-state index contributed by atoms with van der Waals surface area (Å²) in [5.41, 5.74) is 3.80. The maximum absolute atomic E-state index is 5.99. The number of rotatable bonds is 2. The van der Waals surface area contributed by atoms with E-state index >= 15 is 0 Å². The fraction of sp³-hybridized carbons (Fsp3) is 0.222. The first-order valence-electron chi connectivity index (χ1n) is 6.78. The van der Waals surface area contributed by atoms with Crippen molar-refractivity contribution in [3.63, 3.8) is 0 Å². The van der Waals surface area contributed by atoms with Gasteiger partial charge in [-0.05, 0) is 43.5 Å². The molecule has 1 heteroatoms. The lowest BCUT2D eigenvalue weighted by Gasteiger charge is -2.14. The van der Waals surface area contributed by atoms with Crippen LogP contribution in [0.2, 0.25) is 0 Å². The van der Waals surface area contributed by atoms with E-state index in [1.807, 2.05) is 19.1 Å². The van der Waals surface area contributed by atoms with E-state index in [2.05, 4.69) is 49.4 Å². The van der Waals surface area contributed by atoms with Gasteiger partial charge in [-0.25, -0.2) is 0 Å². The molecule has 0 aromatic heterocycles. The van der Waals surface area contributed by atoms with E-state index in [1.165, 1.54) is 16.7 Å². The molecule has 2 aliphatic rings. The first kappa shape index (κ1) is 12.0. The highest BCUT2D eigenvalue weighted by Crippen LogP contribution is 2.46. The molecule has 0 saturated carbocycles. The lowest BCUT2D eigenvalue weighted by molar-refractivity contribution is 0.419. The molecule has 1 aromatic carbocycles. The van der Waals surface area contributed by atoms with Crippen LogP contribution >= 0.6 is 0 Å². The summed E-state index contributed by atoms with van der Waals surface area (Å²) >= 11 is 0. The summed E-state index contributed by atoms with van der Waals surface area (Å²) < 4.78 is 5.99. The van der Waals surface area contributed by atoms with Crippen molar-refractivity contribution < 1.29 is 4.74 Å². The van der Waals surface area contributed by atoms with Crippen molar-refractivity contribution in [1.82, 2.24) is 0 Å². The Kier molecular flexibility index (Phi) is 3.12. The van der Waals surface area contributed by atoms with Crippen LogP contribution in [0.5, 0.6) is 5.75 Å². The molecule has 0 saturated heterocycles. The van der Waals surface area contributed by atoms with Crippen LogP contribution in [0.4, 0.5) is 0 Å². The third-order valence-electron chi connectivity index (χ3n) is 3.67. The van der Waals surface area contributed by atoms with Crippen LogP contribution in [0.3, 0.4) is 0 Å². The second-order valence-corrected chi connectivity index (χ2v) is 5.02. The Morgan fingerprint density at radius 3 is 3.00 bits per heavy atom. The SMILES string of the molecule is C/C=C\C=C/c1ccc2c(c1)C1CC=CC(C)=C1O2. The first-order valence-corrected chi connectivity index (χ1v) is 6.78. The zero-order valence-corrected chi connectivity index (χ0v) is 11.4. The Balaban J connectivity index is 1.96. The molecule has 1 unspecified atom stereocenters. The van der Waals surface area contributed by atoms with Gasteiger partial charge in [-0.3, -0.25) is 0 Å². The van der Waals surface area contributed by atoms with Crippen LogP contribution in [0.25, 0.3) is 6.08 Å². The molecule has 1 aromatic rings. The average molecular weight is 250 g/mol. The average Bonchev–Trinajstić information content (AvgIpc) is 2.79. The summed E-state index contributed by atoms with van der Waals surface area (Å²) in [4.78, 5) is 0. The van der Waals surface area contributed by atoms with E-state index in [-0.39, 0.29) is 0 Å². The summed E-state index contributed by atoms with van der Waals surface area (Å²) in [5, 5.41) is 0. The monoisotopic (exact) mass is 250 g/mol. The van der Waals surface area contributed by atoms with Crippen LogP contribution in [-0.2, 0) is 0 Å². The van der Waals surface area contributed by atoms with Gasteiger partial charge in [0.25, 0.3) is 0 Å². The van der Waals surface area contributed by atoms with Gasteiger partial charge in [0.05, 0.1) is 0 Å².